The van der Waals surface area contributed by atoms with Crippen LogP contribution >= 0.6 is 0 Å². The molecule has 0 amide bonds. The van der Waals surface area contributed by atoms with Gasteiger partial charge in [0.2, 0.25) is 5.88 Å². The lowest BCUT2D eigenvalue weighted by Gasteiger charge is -2.07. The third kappa shape index (κ3) is 2.20. The van der Waals surface area contributed by atoms with Gasteiger partial charge in [0.1, 0.15) is 12.1 Å². The number of halogens is 2. The molecule has 0 N–H and O–H groups in total. The summed E-state index contributed by atoms with van der Waals surface area (Å²) in [4.78, 5) is 11.3. The number of fused-ring (bicyclic) bond motifs is 1. The molecule has 0 saturated carbocycles. The molecule has 0 radical (unpaired) electrons. The fraction of sp³-hybridized carbons (Fsp3) is 0. The second kappa shape index (κ2) is 4.56. The van der Waals surface area contributed by atoms with Gasteiger partial charge in [0, 0.05) is 6.20 Å². The third-order valence-corrected chi connectivity index (χ3v) is 2.49. The predicted octanol–water partition coefficient (Wildman–Crippen LogP) is 3.10. The van der Waals surface area contributed by atoms with Gasteiger partial charge in [-0.2, -0.15) is 4.39 Å². The minimum atomic E-state index is -0.759. The van der Waals surface area contributed by atoms with Crippen LogP contribution in [0.5, 0.6) is 11.6 Å². The molecule has 3 rings (SSSR count). The van der Waals surface area contributed by atoms with Crippen molar-refractivity contribution in [2.75, 3.05) is 0 Å². The number of benzene rings is 1. The van der Waals surface area contributed by atoms with Gasteiger partial charge in [-0.1, -0.05) is 0 Å². The van der Waals surface area contributed by atoms with Crippen LogP contribution in [0.25, 0.3) is 10.9 Å². The van der Waals surface area contributed by atoms with Crippen molar-refractivity contribution in [3.05, 3.63) is 54.6 Å². The van der Waals surface area contributed by atoms with Crippen LogP contribution in [0.2, 0.25) is 0 Å². The van der Waals surface area contributed by atoms with E-state index in [4.69, 9.17) is 4.74 Å². The summed E-state index contributed by atoms with van der Waals surface area (Å²) in [6, 6.07) is 6.96. The normalized spacial score (nSPS) is 10.6. The van der Waals surface area contributed by atoms with E-state index in [9.17, 15) is 8.78 Å². The van der Waals surface area contributed by atoms with Crippen LogP contribution < -0.4 is 4.74 Å². The van der Waals surface area contributed by atoms with Crippen molar-refractivity contribution in [2.45, 2.75) is 0 Å². The lowest BCUT2D eigenvalue weighted by Crippen LogP contribution is -1.95. The lowest BCUT2D eigenvalue weighted by atomic mass is 10.2. The summed E-state index contributed by atoms with van der Waals surface area (Å²) in [5.41, 5.74) is 0.510. The molecule has 0 aliphatic carbocycles. The molecule has 0 aliphatic rings. The zero-order chi connectivity index (χ0) is 13.2. The van der Waals surface area contributed by atoms with E-state index in [0.717, 1.165) is 0 Å². The zero-order valence-corrected chi connectivity index (χ0v) is 9.55. The fourth-order valence-corrected chi connectivity index (χ4v) is 1.64. The number of hydrogen-bond acceptors (Lipinski definition) is 4. The highest BCUT2D eigenvalue weighted by molar-refractivity contribution is 5.83. The van der Waals surface area contributed by atoms with Crippen LogP contribution in [-0.2, 0) is 0 Å². The smallest absolute Gasteiger partial charge is 0.255 e. The summed E-state index contributed by atoms with van der Waals surface area (Å²) in [5.74, 6) is -1.20. The molecule has 0 spiro atoms. The Labute approximate surface area is 106 Å². The first kappa shape index (κ1) is 11.5. The van der Waals surface area contributed by atoms with Crippen LogP contribution in [-0.4, -0.2) is 15.0 Å². The Morgan fingerprint density at radius 2 is 1.89 bits per heavy atom. The van der Waals surface area contributed by atoms with Crippen LogP contribution in [0.15, 0.2) is 42.9 Å². The fourth-order valence-electron chi connectivity index (χ4n) is 1.64. The van der Waals surface area contributed by atoms with E-state index in [1.807, 2.05) is 0 Å². The van der Waals surface area contributed by atoms with Crippen LogP contribution in [0.1, 0.15) is 0 Å². The zero-order valence-electron chi connectivity index (χ0n) is 9.55. The molecule has 0 unspecified atom stereocenters. The van der Waals surface area contributed by atoms with E-state index in [1.54, 1.807) is 0 Å². The van der Waals surface area contributed by atoms with E-state index < -0.39 is 11.8 Å². The molecule has 0 fully saturated rings. The van der Waals surface area contributed by atoms with Crippen molar-refractivity contribution in [3.8, 4) is 11.6 Å². The van der Waals surface area contributed by atoms with E-state index in [1.165, 1.54) is 42.9 Å². The van der Waals surface area contributed by atoms with Crippen molar-refractivity contribution in [1.82, 2.24) is 15.0 Å². The molecular weight excluding hydrogens is 252 g/mol. The molecule has 1 aromatic carbocycles. The predicted molar refractivity (Wildman–Crippen MR) is 63.8 cm³/mol. The molecule has 2 heterocycles. The number of nitrogens with zero attached hydrogens (tertiary/aromatic N) is 3. The van der Waals surface area contributed by atoms with Crippen molar-refractivity contribution in [2.24, 2.45) is 0 Å². The molecule has 94 valence electrons. The third-order valence-electron chi connectivity index (χ3n) is 2.49. The maximum absolute atomic E-state index is 13.4. The van der Waals surface area contributed by atoms with Crippen LogP contribution in [0.4, 0.5) is 8.78 Å². The Morgan fingerprint density at radius 3 is 2.74 bits per heavy atom. The van der Waals surface area contributed by atoms with Crippen molar-refractivity contribution >= 4 is 10.9 Å². The average molecular weight is 259 g/mol. The number of hydrogen-bond donors (Lipinski definition) is 0. The summed E-state index contributed by atoms with van der Waals surface area (Å²) in [7, 11) is 0. The van der Waals surface area contributed by atoms with Crippen molar-refractivity contribution < 1.29 is 13.5 Å². The maximum atomic E-state index is 13.4. The Bertz CT molecular complexity index is 749. The number of ether oxygens (including phenoxy) is 1. The molecule has 4 nitrogen and oxygen atoms in total. The molecule has 0 bridgehead atoms. The highest BCUT2D eigenvalue weighted by Gasteiger charge is 2.10. The molecule has 2 aromatic heterocycles. The topological polar surface area (TPSA) is 47.9 Å². The second-order valence-electron chi connectivity index (χ2n) is 3.73. The summed E-state index contributed by atoms with van der Waals surface area (Å²) in [5, 5.41) is 0.366. The summed E-state index contributed by atoms with van der Waals surface area (Å²) in [6.45, 7) is 0. The number of aromatic nitrogens is 3. The number of pyridine rings is 1. The van der Waals surface area contributed by atoms with Gasteiger partial charge >= 0.3 is 0 Å². The molecule has 19 heavy (non-hydrogen) atoms. The molecule has 3 aromatic rings. The van der Waals surface area contributed by atoms with Crippen LogP contribution in [0, 0.1) is 11.8 Å². The van der Waals surface area contributed by atoms with Crippen molar-refractivity contribution in [1.29, 1.82) is 0 Å². The molecule has 0 saturated heterocycles. The van der Waals surface area contributed by atoms with Gasteiger partial charge in [-0.25, -0.2) is 19.3 Å². The first-order valence-electron chi connectivity index (χ1n) is 5.43. The van der Waals surface area contributed by atoms with Crippen molar-refractivity contribution in [3.63, 3.8) is 0 Å². The summed E-state index contributed by atoms with van der Waals surface area (Å²) < 4.78 is 32.0. The lowest BCUT2D eigenvalue weighted by molar-refractivity contribution is 0.419. The van der Waals surface area contributed by atoms with E-state index in [0.29, 0.717) is 10.9 Å². The monoisotopic (exact) mass is 259 g/mol. The van der Waals surface area contributed by atoms with E-state index >= 15 is 0 Å². The van der Waals surface area contributed by atoms with Gasteiger partial charge in [-0.15, -0.1) is 0 Å². The number of rotatable bonds is 2. The first-order chi connectivity index (χ1) is 9.24. The maximum Gasteiger partial charge on any atom is 0.255 e. The summed E-state index contributed by atoms with van der Waals surface area (Å²) >= 11 is 0. The highest BCUT2D eigenvalue weighted by Crippen LogP contribution is 2.27. The largest absolute Gasteiger partial charge is 0.433 e. The molecular formula is C13H7F2N3O. The summed E-state index contributed by atoms with van der Waals surface area (Å²) in [6.07, 6.45) is 2.57. The van der Waals surface area contributed by atoms with E-state index in [2.05, 4.69) is 15.0 Å². The Kier molecular flexibility index (Phi) is 2.75. The second-order valence-corrected chi connectivity index (χ2v) is 3.73. The van der Waals surface area contributed by atoms with Gasteiger partial charge in [0.15, 0.2) is 5.75 Å². The minimum Gasteiger partial charge on any atom is -0.433 e. The van der Waals surface area contributed by atoms with E-state index in [-0.39, 0.29) is 11.6 Å². The van der Waals surface area contributed by atoms with Gasteiger partial charge in [-0.05, 0) is 30.3 Å². The Morgan fingerprint density at radius 1 is 1.00 bits per heavy atom. The average Bonchev–Trinajstić information content (AvgIpc) is 2.42. The first-order valence-corrected chi connectivity index (χ1v) is 5.43. The van der Waals surface area contributed by atoms with Gasteiger partial charge in [0.05, 0.1) is 10.9 Å². The minimum absolute atomic E-state index is 0.0771. The van der Waals surface area contributed by atoms with Gasteiger partial charge < -0.3 is 4.74 Å². The quantitative estimate of drug-likeness (QED) is 0.663. The highest BCUT2D eigenvalue weighted by atomic mass is 19.1. The molecule has 0 aliphatic heterocycles. The van der Waals surface area contributed by atoms with Gasteiger partial charge in [0.25, 0.3) is 5.95 Å². The Balaban J connectivity index is 2.10. The van der Waals surface area contributed by atoms with Gasteiger partial charge in [-0.3, -0.25) is 0 Å². The molecule has 6 heteroatoms. The van der Waals surface area contributed by atoms with Crippen LogP contribution in [0.3, 0.4) is 0 Å². The Hall–Kier alpha value is -2.63. The molecule has 0 atom stereocenters. The standard InChI is InChI=1S/C13H7F2N3O/c14-8-3-4-10-9(6-8)13(18-7-17-10)19-11-2-1-5-16-12(11)15/h1-7H. The SMILES string of the molecule is Fc1ccc2ncnc(Oc3cccnc3F)c2c1.